The van der Waals surface area contributed by atoms with E-state index in [0.717, 1.165) is 73.3 Å². The Morgan fingerprint density at radius 2 is 1.18 bits per heavy atom. The van der Waals surface area contributed by atoms with Gasteiger partial charge in [-0.2, -0.15) is 13.2 Å². The van der Waals surface area contributed by atoms with Crippen LogP contribution in [-0.2, 0) is 12.6 Å². The van der Waals surface area contributed by atoms with Gasteiger partial charge in [-0.15, -0.1) is 0 Å². The molecule has 0 saturated heterocycles. The van der Waals surface area contributed by atoms with Crippen LogP contribution in [0.15, 0.2) is 164 Å². The standard InChI is InChI=1S/C52H32F3N5/c53-52(54,55)41-25-13-10-22-37(41)40-32-35(51-57-49(33-16-4-1-5-17-33)56-50(58-51)34-18-6-2-7-19-34)28-29-44(40)60-43-27-15-12-24-39(43)48-46(60)31-30-45-47(48)38-23-11-14-26-42(38)59(45)36-20-8-3-9-21-36/h1-9,11-14,16-21,23-26,28-32H,15,27H2. The average molecular weight is 784 g/mol. The first-order chi connectivity index (χ1) is 29.4. The van der Waals surface area contributed by atoms with Crippen LogP contribution >= 0.6 is 0 Å². The van der Waals surface area contributed by atoms with E-state index in [9.17, 15) is 0 Å². The summed E-state index contributed by atoms with van der Waals surface area (Å²) in [6.07, 6.45) is 1.19. The number of hydrogen-bond donors (Lipinski definition) is 0. The number of nitrogens with zero attached hydrogens (tertiary/aromatic N) is 5. The SMILES string of the molecule is FC(F)(F)c1ccc#cc1-c1cc(-c2nc(-c3ccccc3)nc(-c3ccccc3)n2)ccc1-n1c2c(c3c4c5ccccc5n(-c5ccccc5)c4ccc31)C=CCC2. The van der Waals surface area contributed by atoms with Crippen molar-refractivity contribution in [3.8, 4) is 56.7 Å². The Hall–Kier alpha value is -7.76. The molecule has 3 aromatic heterocycles. The Morgan fingerprint density at radius 1 is 0.567 bits per heavy atom. The first kappa shape index (κ1) is 35.4. The molecular formula is C52H32F3N5. The number of benzene rings is 6. The highest BCUT2D eigenvalue weighted by Gasteiger charge is 2.35. The number of allylic oxidation sites excluding steroid dienone is 1. The molecule has 0 fully saturated rings. The van der Waals surface area contributed by atoms with Gasteiger partial charge < -0.3 is 9.13 Å². The fourth-order valence-electron chi connectivity index (χ4n) is 8.74. The van der Waals surface area contributed by atoms with Gasteiger partial charge in [0, 0.05) is 60.9 Å². The second-order valence-electron chi connectivity index (χ2n) is 14.8. The Labute approximate surface area is 343 Å². The maximum atomic E-state index is 15.0. The summed E-state index contributed by atoms with van der Waals surface area (Å²) in [4.78, 5) is 14.7. The molecule has 0 saturated carbocycles. The number of alkyl halides is 3. The van der Waals surface area contributed by atoms with E-state index in [-0.39, 0.29) is 5.56 Å². The van der Waals surface area contributed by atoms with Crippen molar-refractivity contribution in [2.24, 2.45) is 0 Å². The van der Waals surface area contributed by atoms with Gasteiger partial charge in [-0.1, -0.05) is 121 Å². The maximum absolute atomic E-state index is 15.0. The monoisotopic (exact) mass is 783 g/mol. The normalized spacial score (nSPS) is 12.6. The number of fused-ring (bicyclic) bond motifs is 7. The lowest BCUT2D eigenvalue weighted by Crippen LogP contribution is -2.09. The van der Waals surface area contributed by atoms with Crippen molar-refractivity contribution >= 4 is 38.8 Å². The summed E-state index contributed by atoms with van der Waals surface area (Å²) in [6.45, 7) is 0. The maximum Gasteiger partial charge on any atom is 0.417 e. The van der Waals surface area contributed by atoms with Gasteiger partial charge in [-0.25, -0.2) is 15.0 Å². The molecule has 0 unspecified atom stereocenters. The minimum atomic E-state index is -4.66. The summed E-state index contributed by atoms with van der Waals surface area (Å²) in [7, 11) is 0. The quantitative estimate of drug-likeness (QED) is 0.169. The zero-order valence-corrected chi connectivity index (χ0v) is 31.9. The molecule has 1 aliphatic rings. The van der Waals surface area contributed by atoms with E-state index in [1.165, 1.54) is 6.07 Å². The second-order valence-corrected chi connectivity index (χ2v) is 14.8. The van der Waals surface area contributed by atoms with Gasteiger partial charge in [0.15, 0.2) is 17.5 Å². The lowest BCUT2D eigenvalue weighted by molar-refractivity contribution is -0.137. The number of hydrogen-bond acceptors (Lipinski definition) is 3. The lowest BCUT2D eigenvalue weighted by atomic mass is 9.96. The molecule has 5 nitrogen and oxygen atoms in total. The van der Waals surface area contributed by atoms with Crippen molar-refractivity contribution in [2.45, 2.75) is 19.0 Å². The van der Waals surface area contributed by atoms with E-state index < -0.39 is 11.7 Å². The molecule has 3 heterocycles. The van der Waals surface area contributed by atoms with E-state index in [1.54, 1.807) is 6.07 Å². The molecule has 0 aliphatic heterocycles. The highest BCUT2D eigenvalue weighted by Crippen LogP contribution is 2.46. The summed E-state index contributed by atoms with van der Waals surface area (Å²) in [5.74, 6) is 1.25. The molecule has 10 aromatic rings. The molecule has 0 spiro atoms. The number of halogens is 3. The van der Waals surface area contributed by atoms with E-state index in [0.29, 0.717) is 40.7 Å². The van der Waals surface area contributed by atoms with Gasteiger partial charge in [0.1, 0.15) is 0 Å². The van der Waals surface area contributed by atoms with Gasteiger partial charge in [-0.3, -0.25) is 0 Å². The topological polar surface area (TPSA) is 48.5 Å². The van der Waals surface area contributed by atoms with Crippen molar-refractivity contribution in [2.75, 3.05) is 0 Å². The van der Waals surface area contributed by atoms with Crippen molar-refractivity contribution in [1.29, 1.82) is 0 Å². The zero-order valence-electron chi connectivity index (χ0n) is 31.9. The van der Waals surface area contributed by atoms with E-state index in [4.69, 9.17) is 15.0 Å². The molecule has 0 atom stereocenters. The molecule has 0 amide bonds. The predicted octanol–water partition coefficient (Wildman–Crippen LogP) is 13.2. The third-order valence-electron chi connectivity index (χ3n) is 11.3. The van der Waals surface area contributed by atoms with Crippen molar-refractivity contribution in [1.82, 2.24) is 24.1 Å². The highest BCUT2D eigenvalue weighted by molar-refractivity contribution is 6.23. The van der Waals surface area contributed by atoms with Gasteiger partial charge in [0.2, 0.25) is 0 Å². The van der Waals surface area contributed by atoms with Gasteiger partial charge in [-0.05, 0) is 73.5 Å². The first-order valence-corrected chi connectivity index (χ1v) is 19.8. The largest absolute Gasteiger partial charge is 0.417 e. The molecule has 60 heavy (non-hydrogen) atoms. The molecule has 0 bridgehead atoms. The molecule has 286 valence electrons. The van der Waals surface area contributed by atoms with Crippen molar-refractivity contribution < 1.29 is 13.2 Å². The highest BCUT2D eigenvalue weighted by atomic mass is 19.4. The minimum Gasteiger partial charge on any atom is -0.312 e. The van der Waals surface area contributed by atoms with E-state index in [2.05, 4.69) is 81.9 Å². The van der Waals surface area contributed by atoms with Crippen LogP contribution in [0.5, 0.6) is 0 Å². The summed E-state index contributed by atoms with van der Waals surface area (Å²) in [6, 6.07) is 55.8. The Balaban J connectivity index is 1.21. The zero-order chi connectivity index (χ0) is 40.4. The molecule has 0 radical (unpaired) electrons. The van der Waals surface area contributed by atoms with Crippen LogP contribution in [-0.4, -0.2) is 24.1 Å². The third kappa shape index (κ3) is 5.77. The smallest absolute Gasteiger partial charge is 0.312 e. The van der Waals surface area contributed by atoms with Crippen molar-refractivity contribution in [3.63, 3.8) is 0 Å². The number of para-hydroxylation sites is 2. The van der Waals surface area contributed by atoms with Crippen LogP contribution in [0.1, 0.15) is 23.2 Å². The number of rotatable bonds is 6. The first-order valence-electron chi connectivity index (χ1n) is 19.8. The number of aromatic nitrogens is 5. The van der Waals surface area contributed by atoms with E-state index >= 15 is 13.2 Å². The summed E-state index contributed by atoms with van der Waals surface area (Å²) < 4.78 is 49.5. The molecule has 0 N–H and O–H groups in total. The molecule has 7 aromatic carbocycles. The van der Waals surface area contributed by atoms with Gasteiger partial charge in [0.05, 0.1) is 27.8 Å². The summed E-state index contributed by atoms with van der Waals surface area (Å²) in [5.41, 5.74) is 8.29. The lowest BCUT2D eigenvalue weighted by Gasteiger charge is -2.19. The van der Waals surface area contributed by atoms with Crippen LogP contribution in [0.2, 0.25) is 0 Å². The van der Waals surface area contributed by atoms with Crippen LogP contribution < -0.4 is 0 Å². The fraction of sp³-hybridized carbons (Fsp3) is 0.0577. The van der Waals surface area contributed by atoms with E-state index in [1.807, 2.05) is 91.0 Å². The van der Waals surface area contributed by atoms with Gasteiger partial charge in [0.25, 0.3) is 0 Å². The summed E-state index contributed by atoms with van der Waals surface area (Å²) >= 11 is 0. The Kier molecular flexibility index (Phi) is 8.24. The molecule has 1 aliphatic carbocycles. The third-order valence-corrected chi connectivity index (χ3v) is 11.3. The molecule has 8 heteroatoms. The minimum absolute atomic E-state index is 0.105. The van der Waals surface area contributed by atoms with Crippen LogP contribution in [0.25, 0.3) is 95.5 Å². The van der Waals surface area contributed by atoms with Crippen LogP contribution in [0.3, 0.4) is 0 Å². The average Bonchev–Trinajstić information content (AvgIpc) is 3.82. The Morgan fingerprint density at radius 3 is 1.87 bits per heavy atom. The van der Waals surface area contributed by atoms with Crippen LogP contribution in [0, 0.1) is 12.1 Å². The van der Waals surface area contributed by atoms with Crippen molar-refractivity contribution in [3.05, 3.63) is 193 Å². The fourth-order valence-corrected chi connectivity index (χ4v) is 8.74. The van der Waals surface area contributed by atoms with Gasteiger partial charge >= 0.3 is 6.18 Å². The predicted molar refractivity (Wildman–Crippen MR) is 233 cm³/mol. The Bertz CT molecular complexity index is 3230. The second kappa shape index (κ2) is 14.0. The summed E-state index contributed by atoms with van der Waals surface area (Å²) in [5, 5.41) is 3.24. The molecule has 11 rings (SSSR count). The van der Waals surface area contributed by atoms with Crippen LogP contribution in [0.4, 0.5) is 13.2 Å². The molecular weight excluding hydrogens is 752 g/mol.